The quantitative estimate of drug-likeness (QED) is 0.627. The van der Waals surface area contributed by atoms with E-state index in [0.717, 1.165) is 19.5 Å². The minimum atomic E-state index is 0. The van der Waals surface area contributed by atoms with Crippen LogP contribution < -0.4 is 0 Å². The van der Waals surface area contributed by atoms with E-state index in [2.05, 4.69) is 30.7 Å². The molecule has 0 fully saturated rings. The van der Waals surface area contributed by atoms with Crippen LogP contribution in [0.5, 0.6) is 0 Å². The Labute approximate surface area is 107 Å². The third-order valence-corrected chi connectivity index (χ3v) is 2.38. The average Bonchev–Trinajstić information content (AvgIpc) is 2.31. The molecular weight excluding hydrogens is 208 g/mol. The summed E-state index contributed by atoms with van der Waals surface area (Å²) in [6.07, 6.45) is 8.88. The third-order valence-electron chi connectivity index (χ3n) is 2.38. The molecule has 2 nitrogen and oxygen atoms in total. The number of likely N-dealkylation sites (N-methyl/N-ethyl adjacent to an activating group) is 1. The summed E-state index contributed by atoms with van der Waals surface area (Å²) in [6, 6.07) is 2.25. The first kappa shape index (κ1) is 18.0. The fraction of sp³-hybridized carbons (Fsp3) is 0.533. The van der Waals surface area contributed by atoms with E-state index in [9.17, 15) is 0 Å². The first-order valence-corrected chi connectivity index (χ1v) is 5.66. The van der Waals surface area contributed by atoms with Crippen LogP contribution in [0.1, 0.15) is 27.7 Å². The van der Waals surface area contributed by atoms with E-state index in [1.165, 1.54) is 5.57 Å². The second-order valence-electron chi connectivity index (χ2n) is 4.03. The second kappa shape index (κ2) is 11.2. The Kier molecular flexibility index (Phi) is 11.9. The van der Waals surface area contributed by atoms with E-state index in [1.54, 1.807) is 0 Å². The van der Waals surface area contributed by atoms with Crippen LogP contribution in [0.25, 0.3) is 0 Å². The molecule has 0 bridgehead atoms. The molecule has 1 atom stereocenters. The van der Waals surface area contributed by atoms with Crippen LogP contribution in [-0.2, 0) is 0 Å². The van der Waals surface area contributed by atoms with Gasteiger partial charge in [-0.15, -0.1) is 0 Å². The smallest absolute Gasteiger partial charge is 0.0653 e. The molecular formula is C15H26N2. The van der Waals surface area contributed by atoms with Crippen molar-refractivity contribution in [1.82, 2.24) is 4.90 Å². The molecule has 0 aliphatic rings. The lowest BCUT2D eigenvalue weighted by molar-refractivity contribution is 0.344. The van der Waals surface area contributed by atoms with E-state index in [-0.39, 0.29) is 13.3 Å². The number of hydrogen-bond donors (Lipinski definition) is 0. The molecule has 2 heteroatoms. The van der Waals surface area contributed by atoms with E-state index in [0.29, 0.717) is 0 Å². The summed E-state index contributed by atoms with van der Waals surface area (Å²) in [7, 11) is 2.07. The van der Waals surface area contributed by atoms with Crippen LogP contribution in [0.15, 0.2) is 36.5 Å². The molecule has 0 radical (unpaired) electrons. The lowest BCUT2D eigenvalue weighted by atomic mass is 10.1. The summed E-state index contributed by atoms with van der Waals surface area (Å²) in [5.74, 6) is 0.133. The summed E-state index contributed by atoms with van der Waals surface area (Å²) in [5.41, 5.74) is 1.20. The SMILES string of the molecule is C.C=C/C(=C\C=C/C)CN(C)CCC(C)C#N. The van der Waals surface area contributed by atoms with Crippen molar-refractivity contribution in [3.05, 3.63) is 36.5 Å². The summed E-state index contributed by atoms with van der Waals surface area (Å²) in [6.45, 7) is 9.57. The molecule has 0 aliphatic heterocycles. The molecule has 0 saturated carbocycles. The Morgan fingerprint density at radius 1 is 1.53 bits per heavy atom. The monoisotopic (exact) mass is 234 g/mol. The van der Waals surface area contributed by atoms with Gasteiger partial charge in [0.2, 0.25) is 0 Å². The Morgan fingerprint density at radius 2 is 2.18 bits per heavy atom. The molecule has 0 heterocycles. The zero-order valence-electron chi connectivity index (χ0n) is 10.6. The molecule has 0 N–H and O–H groups in total. The summed E-state index contributed by atoms with van der Waals surface area (Å²) in [4.78, 5) is 2.21. The van der Waals surface area contributed by atoms with Gasteiger partial charge in [-0.1, -0.05) is 38.3 Å². The van der Waals surface area contributed by atoms with Crippen LogP contribution in [0.2, 0.25) is 0 Å². The van der Waals surface area contributed by atoms with Crippen LogP contribution in [0, 0.1) is 17.2 Å². The largest absolute Gasteiger partial charge is 0.302 e. The fourth-order valence-corrected chi connectivity index (χ4v) is 1.27. The molecule has 1 unspecified atom stereocenters. The van der Waals surface area contributed by atoms with Crippen LogP contribution in [0.4, 0.5) is 0 Å². The van der Waals surface area contributed by atoms with Crippen molar-refractivity contribution >= 4 is 0 Å². The summed E-state index contributed by atoms with van der Waals surface area (Å²) < 4.78 is 0. The zero-order valence-corrected chi connectivity index (χ0v) is 10.6. The first-order valence-electron chi connectivity index (χ1n) is 5.66. The highest BCUT2D eigenvalue weighted by Gasteiger charge is 2.03. The van der Waals surface area contributed by atoms with Gasteiger partial charge in [-0.05, 0) is 39.4 Å². The van der Waals surface area contributed by atoms with E-state index < -0.39 is 0 Å². The van der Waals surface area contributed by atoms with Gasteiger partial charge in [0.1, 0.15) is 0 Å². The van der Waals surface area contributed by atoms with E-state index >= 15 is 0 Å². The predicted molar refractivity (Wildman–Crippen MR) is 76.7 cm³/mol. The molecule has 0 aromatic rings. The Balaban J connectivity index is 0. The highest BCUT2D eigenvalue weighted by atomic mass is 15.1. The van der Waals surface area contributed by atoms with Crippen molar-refractivity contribution in [3.63, 3.8) is 0 Å². The predicted octanol–water partition coefficient (Wildman–Crippen LogP) is 3.79. The fourth-order valence-electron chi connectivity index (χ4n) is 1.27. The van der Waals surface area contributed by atoms with Gasteiger partial charge in [-0.3, -0.25) is 0 Å². The highest BCUT2D eigenvalue weighted by molar-refractivity contribution is 5.23. The highest BCUT2D eigenvalue weighted by Crippen LogP contribution is 2.04. The number of allylic oxidation sites excluding steroid dienone is 3. The van der Waals surface area contributed by atoms with Crippen molar-refractivity contribution in [1.29, 1.82) is 5.26 Å². The van der Waals surface area contributed by atoms with Gasteiger partial charge in [0, 0.05) is 12.5 Å². The maximum absolute atomic E-state index is 8.69. The lowest BCUT2D eigenvalue weighted by Crippen LogP contribution is -2.23. The van der Waals surface area contributed by atoms with Gasteiger partial charge in [0.05, 0.1) is 6.07 Å². The molecule has 17 heavy (non-hydrogen) atoms. The summed E-state index contributed by atoms with van der Waals surface area (Å²) >= 11 is 0. The van der Waals surface area contributed by atoms with Gasteiger partial charge in [0.15, 0.2) is 0 Å². The third kappa shape index (κ3) is 9.59. The molecule has 0 aliphatic carbocycles. The Morgan fingerprint density at radius 3 is 2.65 bits per heavy atom. The van der Waals surface area contributed by atoms with Crippen LogP contribution >= 0.6 is 0 Å². The normalized spacial score (nSPS) is 13.2. The maximum atomic E-state index is 8.69. The topological polar surface area (TPSA) is 27.0 Å². The first-order chi connectivity index (χ1) is 7.63. The van der Waals surface area contributed by atoms with Crippen molar-refractivity contribution in [3.8, 4) is 6.07 Å². The number of nitrogens with zero attached hydrogens (tertiary/aromatic N) is 2. The summed E-state index contributed by atoms with van der Waals surface area (Å²) in [5, 5.41) is 8.69. The van der Waals surface area contributed by atoms with Crippen molar-refractivity contribution in [2.75, 3.05) is 20.1 Å². The van der Waals surface area contributed by atoms with E-state index in [4.69, 9.17) is 5.26 Å². The minimum Gasteiger partial charge on any atom is -0.302 e. The van der Waals surface area contributed by atoms with Crippen LogP contribution in [0.3, 0.4) is 0 Å². The molecule has 0 spiro atoms. The van der Waals surface area contributed by atoms with Crippen LogP contribution in [-0.4, -0.2) is 25.0 Å². The Bertz CT molecular complexity index is 295. The average molecular weight is 234 g/mol. The van der Waals surface area contributed by atoms with Gasteiger partial charge in [-0.2, -0.15) is 5.26 Å². The number of nitriles is 1. The number of hydrogen-bond acceptors (Lipinski definition) is 2. The molecule has 0 rings (SSSR count). The molecule has 0 amide bonds. The number of rotatable bonds is 7. The molecule has 96 valence electrons. The second-order valence-corrected chi connectivity index (χ2v) is 4.03. The van der Waals surface area contributed by atoms with Crippen molar-refractivity contribution in [2.45, 2.75) is 27.7 Å². The molecule has 0 aromatic heterocycles. The van der Waals surface area contributed by atoms with Gasteiger partial charge >= 0.3 is 0 Å². The minimum absolute atomic E-state index is 0. The van der Waals surface area contributed by atoms with Gasteiger partial charge < -0.3 is 4.90 Å². The Hall–Kier alpha value is -1.33. The maximum Gasteiger partial charge on any atom is 0.0653 e. The van der Waals surface area contributed by atoms with Crippen molar-refractivity contribution in [2.24, 2.45) is 5.92 Å². The van der Waals surface area contributed by atoms with Gasteiger partial charge in [-0.25, -0.2) is 0 Å². The molecule has 0 aromatic carbocycles. The van der Waals surface area contributed by atoms with Crippen molar-refractivity contribution < 1.29 is 0 Å². The lowest BCUT2D eigenvalue weighted by Gasteiger charge is -2.17. The molecule has 0 saturated heterocycles. The van der Waals surface area contributed by atoms with Gasteiger partial charge in [0.25, 0.3) is 0 Å². The standard InChI is InChI=1S/C14H22N2.CH4/c1-5-7-8-14(6-2)12-16(4)10-9-13(3)11-15;/h5-8,13H,2,9-10,12H2,1,3-4H3;1H4/b7-5-,14-8+;. The van der Waals surface area contributed by atoms with E-state index in [1.807, 2.05) is 32.1 Å². The zero-order chi connectivity index (χ0) is 12.4.